The normalized spacial score (nSPS) is 7.82. The summed E-state index contributed by atoms with van der Waals surface area (Å²) in [5, 5.41) is 0. The first kappa shape index (κ1) is 18.5. The third-order valence-corrected chi connectivity index (χ3v) is 2.31. The predicted octanol–water partition coefficient (Wildman–Crippen LogP) is 2.91. The third kappa shape index (κ3) is 18.6. The van der Waals surface area contributed by atoms with Crippen molar-refractivity contribution in [3.8, 4) is 0 Å². The van der Waals surface area contributed by atoms with E-state index in [2.05, 4.69) is 13.8 Å². The van der Waals surface area contributed by atoms with Crippen molar-refractivity contribution in [3.05, 3.63) is 0 Å². The van der Waals surface area contributed by atoms with Crippen LogP contribution in [0.1, 0.15) is 26.7 Å². The van der Waals surface area contributed by atoms with Gasteiger partial charge in [0.15, 0.2) is 0 Å². The molecule has 0 aliphatic heterocycles. The van der Waals surface area contributed by atoms with Crippen LogP contribution in [0.5, 0.6) is 0 Å². The van der Waals surface area contributed by atoms with Gasteiger partial charge in [-0.1, -0.05) is 0 Å². The Morgan fingerprint density at radius 3 is 1.55 bits per heavy atom. The molecule has 0 aromatic carbocycles. The van der Waals surface area contributed by atoms with Crippen LogP contribution in [0.15, 0.2) is 0 Å². The first-order valence-corrected chi connectivity index (χ1v) is 5.41. The number of hydrogen-bond donors (Lipinski definition) is 0. The second-order valence-electron chi connectivity index (χ2n) is 1.78. The summed E-state index contributed by atoms with van der Waals surface area (Å²) in [6.45, 7) is 5.99. The first-order valence-electron chi connectivity index (χ1n) is 3.40. The molecule has 11 heavy (non-hydrogen) atoms. The van der Waals surface area contributed by atoms with E-state index < -0.39 is 24.1 Å². The molecule has 0 atom stereocenters. The summed E-state index contributed by atoms with van der Waals surface area (Å²) in [5.74, 6) is 0. The Labute approximate surface area is 103 Å². The van der Waals surface area contributed by atoms with E-state index in [0.717, 1.165) is 26.1 Å². The second-order valence-corrected chi connectivity index (χ2v) is 3.61. The number of rotatable bonds is 6. The van der Waals surface area contributed by atoms with Crippen LogP contribution in [0, 0.1) is 0 Å². The van der Waals surface area contributed by atoms with Crippen molar-refractivity contribution in [2.75, 3.05) is 13.2 Å². The molecule has 0 saturated carbocycles. The van der Waals surface area contributed by atoms with Crippen LogP contribution < -0.4 is 0 Å². The Balaban J connectivity index is -0.000000320. The molecule has 0 saturated heterocycles. The van der Waals surface area contributed by atoms with Crippen LogP contribution in [0.25, 0.3) is 0 Å². The molecule has 2 nitrogen and oxygen atoms in total. The average Bonchev–Trinajstić information content (AvgIpc) is 1.89. The first-order chi connectivity index (χ1) is 4.41. The van der Waals surface area contributed by atoms with Crippen molar-refractivity contribution in [2.45, 2.75) is 26.7 Å². The SMILES string of the molecule is Br.Br.CCC[O][Zr][O]CCC. The predicted molar refractivity (Wildman–Crippen MR) is 53.1 cm³/mol. The van der Waals surface area contributed by atoms with Gasteiger partial charge in [-0.3, -0.25) is 0 Å². The van der Waals surface area contributed by atoms with Crippen molar-refractivity contribution in [1.29, 1.82) is 0 Å². The summed E-state index contributed by atoms with van der Waals surface area (Å²) in [6.07, 6.45) is 2.21. The Morgan fingerprint density at radius 1 is 0.909 bits per heavy atom. The molecule has 0 spiro atoms. The number of hydrogen-bond acceptors (Lipinski definition) is 2. The van der Waals surface area contributed by atoms with Gasteiger partial charge in [0.05, 0.1) is 0 Å². The van der Waals surface area contributed by atoms with Crippen molar-refractivity contribution in [2.24, 2.45) is 0 Å². The molecule has 0 aromatic heterocycles. The van der Waals surface area contributed by atoms with Crippen molar-refractivity contribution in [3.63, 3.8) is 0 Å². The topological polar surface area (TPSA) is 18.5 Å². The Bertz CT molecular complexity index is 51.8. The Hall–Kier alpha value is 1.76. The van der Waals surface area contributed by atoms with Gasteiger partial charge in [-0.25, -0.2) is 0 Å². The van der Waals surface area contributed by atoms with Gasteiger partial charge in [0.25, 0.3) is 0 Å². The molecule has 0 rings (SSSR count). The molecule has 0 radical (unpaired) electrons. The van der Waals surface area contributed by atoms with Crippen LogP contribution in [-0.4, -0.2) is 13.2 Å². The van der Waals surface area contributed by atoms with Gasteiger partial charge >= 0.3 is 69.6 Å². The van der Waals surface area contributed by atoms with Gasteiger partial charge in [-0.05, 0) is 0 Å². The van der Waals surface area contributed by atoms with E-state index in [-0.39, 0.29) is 34.0 Å². The van der Waals surface area contributed by atoms with Gasteiger partial charge in [0.2, 0.25) is 0 Å². The zero-order valence-corrected chi connectivity index (χ0v) is 12.8. The van der Waals surface area contributed by atoms with E-state index >= 15 is 0 Å². The fraction of sp³-hybridized carbons (Fsp3) is 1.00. The molecule has 0 fully saturated rings. The fourth-order valence-electron chi connectivity index (χ4n) is 0.329. The Kier molecular flexibility index (Phi) is 29.9. The van der Waals surface area contributed by atoms with Crippen LogP contribution in [0.2, 0.25) is 0 Å². The van der Waals surface area contributed by atoms with Crippen LogP contribution in [0.4, 0.5) is 0 Å². The molecular weight excluding hydrogens is 355 g/mol. The van der Waals surface area contributed by atoms with Crippen LogP contribution in [0.3, 0.4) is 0 Å². The molecular formula is C6H16Br2O2Zr. The summed E-state index contributed by atoms with van der Waals surface area (Å²) in [4.78, 5) is 0. The van der Waals surface area contributed by atoms with E-state index in [0.29, 0.717) is 0 Å². The minimum atomic E-state index is -0.851. The standard InChI is InChI=1S/2C3H7O.2BrH.Zr/c2*1-2-3-4;;;/h2*2-3H2,1H3;2*1H;/q2*-1;;;+2. The minimum absolute atomic E-state index is 0. The van der Waals surface area contributed by atoms with Gasteiger partial charge < -0.3 is 0 Å². The van der Waals surface area contributed by atoms with Crippen molar-refractivity contribution in [1.82, 2.24) is 0 Å². The Morgan fingerprint density at radius 2 is 1.27 bits per heavy atom. The molecule has 0 aliphatic rings. The summed E-state index contributed by atoms with van der Waals surface area (Å²) in [7, 11) is 0. The maximum atomic E-state index is 5.23. The summed E-state index contributed by atoms with van der Waals surface area (Å²) in [5.41, 5.74) is 0. The van der Waals surface area contributed by atoms with E-state index in [1.807, 2.05) is 0 Å². The van der Waals surface area contributed by atoms with Crippen LogP contribution in [-0.2, 0) is 29.7 Å². The average molecular weight is 371 g/mol. The molecule has 0 N–H and O–H groups in total. The number of halogens is 2. The zero-order valence-electron chi connectivity index (χ0n) is 6.96. The van der Waals surface area contributed by atoms with E-state index in [4.69, 9.17) is 5.63 Å². The maximum absolute atomic E-state index is 5.23. The summed E-state index contributed by atoms with van der Waals surface area (Å²) >= 11 is -0.851. The van der Waals surface area contributed by atoms with Gasteiger partial charge in [-0.15, -0.1) is 34.0 Å². The van der Waals surface area contributed by atoms with Gasteiger partial charge in [0, 0.05) is 0 Å². The quantitative estimate of drug-likeness (QED) is 0.669. The second kappa shape index (κ2) is 17.7. The summed E-state index contributed by atoms with van der Waals surface area (Å²) in [6, 6.07) is 0. The van der Waals surface area contributed by atoms with Gasteiger partial charge in [-0.2, -0.15) is 0 Å². The monoisotopic (exact) mass is 368 g/mol. The molecule has 0 amide bonds. The zero-order chi connectivity index (χ0) is 6.95. The summed E-state index contributed by atoms with van der Waals surface area (Å²) < 4.78 is 10.5. The van der Waals surface area contributed by atoms with Gasteiger partial charge in [0.1, 0.15) is 0 Å². The van der Waals surface area contributed by atoms with Crippen LogP contribution >= 0.6 is 34.0 Å². The van der Waals surface area contributed by atoms with Crippen molar-refractivity contribution < 1.29 is 29.7 Å². The molecule has 5 heteroatoms. The molecule has 0 aliphatic carbocycles. The molecule has 0 aromatic rings. The molecule has 0 heterocycles. The van der Waals surface area contributed by atoms with E-state index in [1.165, 1.54) is 0 Å². The van der Waals surface area contributed by atoms with E-state index in [9.17, 15) is 0 Å². The molecule has 0 unspecified atom stereocenters. The molecule has 70 valence electrons. The van der Waals surface area contributed by atoms with E-state index in [1.54, 1.807) is 0 Å². The van der Waals surface area contributed by atoms with Crippen molar-refractivity contribution >= 4 is 34.0 Å². The third-order valence-electron chi connectivity index (χ3n) is 0.730. The fourth-order valence-corrected chi connectivity index (χ4v) is 1.95. The molecule has 0 bridgehead atoms.